The molecule has 3 aromatic rings. The predicted octanol–water partition coefficient (Wildman–Crippen LogP) is 1.57. The predicted molar refractivity (Wildman–Crippen MR) is 79.3 cm³/mol. The average Bonchev–Trinajstić information content (AvgIpc) is 3.10. The second-order valence-corrected chi connectivity index (χ2v) is 5.16. The molecule has 0 spiro atoms. The summed E-state index contributed by atoms with van der Waals surface area (Å²) < 4.78 is 16.6. The normalized spacial score (nSPS) is 12.5. The molecular weight excluding hydrogens is 283 g/mol. The Morgan fingerprint density at radius 1 is 1.14 bits per heavy atom. The number of nitrogens with one attached hydrogen (secondary N) is 1. The van der Waals surface area contributed by atoms with Crippen molar-refractivity contribution in [3.05, 3.63) is 65.5 Å². The molecule has 6 nitrogen and oxygen atoms in total. The summed E-state index contributed by atoms with van der Waals surface area (Å²) in [4.78, 5) is 0. The van der Waals surface area contributed by atoms with Gasteiger partial charge in [-0.05, 0) is 17.7 Å². The van der Waals surface area contributed by atoms with Gasteiger partial charge in [0.05, 0.1) is 24.1 Å². The van der Waals surface area contributed by atoms with Gasteiger partial charge in [-0.1, -0.05) is 17.3 Å². The summed E-state index contributed by atoms with van der Waals surface area (Å²) in [6.45, 7) is 0.598. The minimum absolute atomic E-state index is 0.0794. The van der Waals surface area contributed by atoms with Gasteiger partial charge < -0.3 is 5.32 Å². The highest BCUT2D eigenvalue weighted by Crippen LogP contribution is 2.22. The first-order chi connectivity index (χ1) is 10.6. The maximum atomic E-state index is 13.2. The lowest BCUT2D eigenvalue weighted by atomic mass is 10.0. The third-order valence-electron chi connectivity index (χ3n) is 3.56. The maximum Gasteiger partial charge on any atom is 0.123 e. The van der Waals surface area contributed by atoms with Gasteiger partial charge in [0.15, 0.2) is 0 Å². The van der Waals surface area contributed by atoms with E-state index < -0.39 is 0 Å². The lowest BCUT2D eigenvalue weighted by Crippen LogP contribution is -2.23. The zero-order chi connectivity index (χ0) is 15.5. The molecular formula is C15H17FN6. The number of hydrogen-bond donors (Lipinski definition) is 1. The summed E-state index contributed by atoms with van der Waals surface area (Å²) in [5.41, 5.74) is 2.96. The minimum Gasteiger partial charge on any atom is -0.300 e. The number of aryl methyl sites for hydroxylation is 2. The molecule has 0 saturated heterocycles. The first kappa shape index (κ1) is 14.4. The summed E-state index contributed by atoms with van der Waals surface area (Å²) in [6.07, 6.45) is 5.48. The van der Waals surface area contributed by atoms with Gasteiger partial charge in [-0.25, -0.2) is 4.39 Å². The van der Waals surface area contributed by atoms with E-state index in [4.69, 9.17) is 0 Å². The highest BCUT2D eigenvalue weighted by Gasteiger charge is 2.16. The Morgan fingerprint density at radius 3 is 2.50 bits per heavy atom. The zero-order valence-corrected chi connectivity index (χ0v) is 12.4. The molecule has 0 unspecified atom stereocenters. The Kier molecular flexibility index (Phi) is 3.97. The van der Waals surface area contributed by atoms with Crippen LogP contribution in [-0.2, 0) is 20.6 Å². The molecule has 0 radical (unpaired) electrons. The van der Waals surface area contributed by atoms with Crippen molar-refractivity contribution in [1.29, 1.82) is 0 Å². The van der Waals surface area contributed by atoms with E-state index in [-0.39, 0.29) is 11.9 Å². The topological polar surface area (TPSA) is 60.6 Å². The van der Waals surface area contributed by atoms with E-state index in [1.54, 1.807) is 27.7 Å². The smallest absolute Gasteiger partial charge is 0.123 e. The van der Waals surface area contributed by atoms with Gasteiger partial charge in [-0.2, -0.15) is 5.10 Å². The monoisotopic (exact) mass is 300 g/mol. The quantitative estimate of drug-likeness (QED) is 0.777. The summed E-state index contributed by atoms with van der Waals surface area (Å²) >= 11 is 0. The van der Waals surface area contributed by atoms with Crippen molar-refractivity contribution in [3.63, 3.8) is 0 Å². The van der Waals surface area contributed by atoms with Crippen LogP contribution in [0.5, 0.6) is 0 Å². The first-order valence-corrected chi connectivity index (χ1v) is 6.94. The van der Waals surface area contributed by atoms with E-state index in [1.165, 1.54) is 12.1 Å². The van der Waals surface area contributed by atoms with Crippen LogP contribution < -0.4 is 5.32 Å². The van der Waals surface area contributed by atoms with Gasteiger partial charge in [0.25, 0.3) is 0 Å². The Labute approximate surface area is 127 Å². The Bertz CT molecular complexity index is 745. The lowest BCUT2D eigenvalue weighted by molar-refractivity contribution is 0.566. The van der Waals surface area contributed by atoms with Gasteiger partial charge in [0.2, 0.25) is 0 Å². The molecule has 3 rings (SSSR count). The van der Waals surface area contributed by atoms with Gasteiger partial charge in [0.1, 0.15) is 5.82 Å². The van der Waals surface area contributed by atoms with E-state index in [1.807, 2.05) is 26.5 Å². The van der Waals surface area contributed by atoms with Crippen molar-refractivity contribution in [3.8, 4) is 0 Å². The van der Waals surface area contributed by atoms with Crippen molar-refractivity contribution < 1.29 is 4.39 Å². The van der Waals surface area contributed by atoms with E-state index in [2.05, 4.69) is 20.7 Å². The maximum absolute atomic E-state index is 13.2. The summed E-state index contributed by atoms with van der Waals surface area (Å²) in [5, 5.41) is 15.5. The van der Waals surface area contributed by atoms with Crippen LogP contribution in [0.15, 0.2) is 42.9 Å². The molecule has 1 N–H and O–H groups in total. The molecule has 0 saturated carbocycles. The molecule has 0 aliphatic rings. The van der Waals surface area contributed by atoms with E-state index in [0.29, 0.717) is 6.54 Å². The summed E-state index contributed by atoms with van der Waals surface area (Å²) in [5.74, 6) is -0.246. The van der Waals surface area contributed by atoms with E-state index in [9.17, 15) is 4.39 Å². The Balaban J connectivity index is 1.86. The van der Waals surface area contributed by atoms with E-state index >= 15 is 0 Å². The molecule has 7 heteroatoms. The standard InChI is InChI=1S/C15H17FN6/c1-21-10-12(7-19-21)15(11-3-5-13(16)6-4-11)17-8-14-9-18-20-22(14)2/h3-7,9-10,15,17H,8H2,1-2H3/t15-/m0/s1. The van der Waals surface area contributed by atoms with Crippen LogP contribution in [0.3, 0.4) is 0 Å². The van der Waals surface area contributed by atoms with Gasteiger partial charge >= 0.3 is 0 Å². The minimum atomic E-state index is -0.246. The number of rotatable bonds is 5. The molecule has 0 aliphatic carbocycles. The van der Waals surface area contributed by atoms with E-state index in [0.717, 1.165) is 16.8 Å². The Hall–Kier alpha value is -2.54. The van der Waals surface area contributed by atoms with Gasteiger partial charge in [-0.15, -0.1) is 5.10 Å². The molecule has 0 bridgehead atoms. The average molecular weight is 300 g/mol. The molecule has 0 fully saturated rings. The molecule has 0 aliphatic heterocycles. The number of aromatic nitrogens is 5. The van der Waals surface area contributed by atoms with Crippen molar-refractivity contribution >= 4 is 0 Å². The summed E-state index contributed by atoms with van der Waals surface area (Å²) in [7, 11) is 3.72. The van der Waals surface area contributed by atoms with Crippen LogP contribution in [0, 0.1) is 5.82 Å². The van der Waals surface area contributed by atoms with Crippen molar-refractivity contribution in [2.75, 3.05) is 0 Å². The summed E-state index contributed by atoms with van der Waals surface area (Å²) in [6, 6.07) is 6.41. The van der Waals surface area contributed by atoms with Crippen LogP contribution in [0.2, 0.25) is 0 Å². The SMILES string of the molecule is Cn1cc([C@@H](NCc2cnnn2C)c2ccc(F)cc2)cn1. The van der Waals surface area contributed by atoms with Crippen LogP contribution in [0.4, 0.5) is 4.39 Å². The molecule has 1 aromatic carbocycles. The van der Waals surface area contributed by atoms with Gasteiger partial charge in [0, 0.05) is 32.4 Å². The molecule has 2 aromatic heterocycles. The highest BCUT2D eigenvalue weighted by atomic mass is 19.1. The largest absolute Gasteiger partial charge is 0.300 e. The fourth-order valence-electron chi connectivity index (χ4n) is 2.35. The lowest BCUT2D eigenvalue weighted by Gasteiger charge is -2.18. The van der Waals surface area contributed by atoms with Crippen LogP contribution in [-0.4, -0.2) is 24.8 Å². The molecule has 114 valence electrons. The molecule has 2 heterocycles. The second-order valence-electron chi connectivity index (χ2n) is 5.16. The second kappa shape index (κ2) is 6.07. The zero-order valence-electron chi connectivity index (χ0n) is 12.4. The molecule has 22 heavy (non-hydrogen) atoms. The fraction of sp³-hybridized carbons (Fsp3) is 0.267. The number of benzene rings is 1. The number of nitrogens with zero attached hydrogens (tertiary/aromatic N) is 5. The Morgan fingerprint density at radius 2 is 1.91 bits per heavy atom. The highest BCUT2D eigenvalue weighted by molar-refractivity contribution is 5.29. The van der Waals surface area contributed by atoms with Crippen LogP contribution in [0.25, 0.3) is 0 Å². The first-order valence-electron chi connectivity index (χ1n) is 6.94. The number of halogens is 1. The van der Waals surface area contributed by atoms with Crippen molar-refractivity contribution in [2.45, 2.75) is 12.6 Å². The third kappa shape index (κ3) is 3.04. The van der Waals surface area contributed by atoms with Gasteiger partial charge in [-0.3, -0.25) is 9.36 Å². The van der Waals surface area contributed by atoms with Crippen molar-refractivity contribution in [2.24, 2.45) is 14.1 Å². The van der Waals surface area contributed by atoms with Crippen molar-refractivity contribution in [1.82, 2.24) is 30.1 Å². The number of hydrogen-bond acceptors (Lipinski definition) is 4. The third-order valence-corrected chi connectivity index (χ3v) is 3.56. The molecule has 0 amide bonds. The van der Waals surface area contributed by atoms with Crippen LogP contribution in [0.1, 0.15) is 22.9 Å². The van der Waals surface area contributed by atoms with Crippen LogP contribution >= 0.6 is 0 Å². The molecule has 1 atom stereocenters. The fourth-order valence-corrected chi connectivity index (χ4v) is 2.35.